The molecule has 0 aromatic heterocycles. The Morgan fingerprint density at radius 1 is 0.950 bits per heavy atom. The van der Waals surface area contributed by atoms with E-state index in [1.807, 2.05) is 0 Å². The summed E-state index contributed by atoms with van der Waals surface area (Å²) < 4.78 is 12.2. The number of ketones is 1. The average molecular weight is 348 g/mol. The first kappa shape index (κ1) is 15.5. The fourth-order valence-electron chi connectivity index (χ4n) is 1.57. The standard InChI is InChI=1S/C14H9Cl3O2S/c15-10-3-1-9(2-4-10)13(18)8-20(19)14-7-11(16)5-6-12(14)17/h1-7H,8H2. The number of Topliss-reactive ketones (excluding diaryl/α,β-unsaturated/α-hetero) is 1. The smallest absolute Gasteiger partial charge is 0.175 e. The number of carbonyl (C=O) groups excluding carboxylic acids is 1. The molecule has 0 N–H and O–H groups in total. The van der Waals surface area contributed by atoms with Crippen molar-refractivity contribution in [3.63, 3.8) is 0 Å². The number of hydrogen-bond donors (Lipinski definition) is 0. The van der Waals surface area contributed by atoms with Gasteiger partial charge in [0.15, 0.2) is 5.78 Å². The lowest BCUT2D eigenvalue weighted by atomic mass is 10.1. The predicted octanol–water partition coefficient (Wildman–Crippen LogP) is 4.64. The molecule has 0 aliphatic carbocycles. The number of rotatable bonds is 4. The van der Waals surface area contributed by atoms with Crippen molar-refractivity contribution < 1.29 is 9.00 Å². The summed E-state index contributed by atoms with van der Waals surface area (Å²) in [6, 6.07) is 11.1. The molecule has 0 aliphatic heterocycles. The lowest BCUT2D eigenvalue weighted by Crippen LogP contribution is -2.11. The van der Waals surface area contributed by atoms with Gasteiger partial charge in [0.1, 0.15) is 0 Å². The largest absolute Gasteiger partial charge is 0.293 e. The van der Waals surface area contributed by atoms with E-state index in [1.165, 1.54) is 6.07 Å². The van der Waals surface area contributed by atoms with Crippen LogP contribution < -0.4 is 0 Å². The second-order valence-corrected chi connectivity index (χ2v) is 6.69. The maximum Gasteiger partial charge on any atom is 0.175 e. The number of benzene rings is 2. The van der Waals surface area contributed by atoms with Gasteiger partial charge in [0.2, 0.25) is 0 Å². The van der Waals surface area contributed by atoms with E-state index in [-0.39, 0.29) is 11.5 Å². The SMILES string of the molecule is O=C(CS(=O)c1cc(Cl)ccc1Cl)c1ccc(Cl)cc1. The molecule has 20 heavy (non-hydrogen) atoms. The minimum absolute atomic E-state index is 0.151. The molecule has 0 fully saturated rings. The number of halogens is 3. The van der Waals surface area contributed by atoms with Gasteiger partial charge in [0.05, 0.1) is 26.5 Å². The van der Waals surface area contributed by atoms with Gasteiger partial charge in [-0.05, 0) is 42.5 Å². The van der Waals surface area contributed by atoms with Gasteiger partial charge in [-0.2, -0.15) is 0 Å². The Bertz CT molecular complexity index is 669. The Balaban J connectivity index is 2.17. The van der Waals surface area contributed by atoms with E-state index >= 15 is 0 Å². The monoisotopic (exact) mass is 346 g/mol. The lowest BCUT2D eigenvalue weighted by molar-refractivity contribution is 0.102. The second kappa shape index (κ2) is 6.72. The molecule has 0 radical (unpaired) electrons. The summed E-state index contributed by atoms with van der Waals surface area (Å²) in [5, 5.41) is 1.30. The van der Waals surface area contributed by atoms with Gasteiger partial charge >= 0.3 is 0 Å². The van der Waals surface area contributed by atoms with Crippen molar-refractivity contribution in [1.29, 1.82) is 0 Å². The molecule has 1 atom stereocenters. The van der Waals surface area contributed by atoms with Crippen LogP contribution in [0.4, 0.5) is 0 Å². The molecular weight excluding hydrogens is 339 g/mol. The van der Waals surface area contributed by atoms with Crippen molar-refractivity contribution in [2.45, 2.75) is 4.90 Å². The zero-order valence-corrected chi connectivity index (χ0v) is 13.2. The van der Waals surface area contributed by atoms with Crippen LogP contribution in [-0.4, -0.2) is 15.7 Å². The van der Waals surface area contributed by atoms with Crippen LogP contribution in [0.2, 0.25) is 15.1 Å². The Kier molecular flexibility index (Phi) is 5.22. The van der Waals surface area contributed by atoms with Crippen LogP contribution in [-0.2, 0) is 10.8 Å². The summed E-state index contributed by atoms with van der Waals surface area (Å²) in [6.07, 6.45) is 0. The number of carbonyl (C=O) groups is 1. The van der Waals surface area contributed by atoms with Crippen LogP contribution in [0.5, 0.6) is 0 Å². The van der Waals surface area contributed by atoms with E-state index in [0.29, 0.717) is 25.5 Å². The van der Waals surface area contributed by atoms with Gasteiger partial charge in [-0.15, -0.1) is 0 Å². The minimum atomic E-state index is -1.54. The fraction of sp³-hybridized carbons (Fsp3) is 0.0714. The zero-order chi connectivity index (χ0) is 14.7. The van der Waals surface area contributed by atoms with Crippen molar-refractivity contribution in [2.24, 2.45) is 0 Å². The molecule has 6 heteroatoms. The zero-order valence-electron chi connectivity index (χ0n) is 10.1. The molecule has 0 heterocycles. The summed E-state index contributed by atoms with van der Waals surface area (Å²) in [5.74, 6) is -0.391. The van der Waals surface area contributed by atoms with Crippen LogP contribution in [0.3, 0.4) is 0 Å². The van der Waals surface area contributed by atoms with Crippen molar-refractivity contribution in [2.75, 3.05) is 5.75 Å². The third-order valence-corrected chi connectivity index (χ3v) is 4.85. The first-order chi connectivity index (χ1) is 9.47. The molecule has 2 rings (SSSR count). The van der Waals surface area contributed by atoms with E-state index in [9.17, 15) is 9.00 Å². The van der Waals surface area contributed by atoms with Crippen molar-refractivity contribution in [3.05, 3.63) is 63.1 Å². The Morgan fingerprint density at radius 2 is 1.55 bits per heavy atom. The van der Waals surface area contributed by atoms with Gasteiger partial charge in [-0.1, -0.05) is 34.8 Å². The first-order valence-corrected chi connectivity index (χ1v) is 8.05. The van der Waals surface area contributed by atoms with Crippen LogP contribution in [0, 0.1) is 0 Å². The highest BCUT2D eigenvalue weighted by molar-refractivity contribution is 7.86. The summed E-state index contributed by atoms with van der Waals surface area (Å²) >= 11 is 17.6. The van der Waals surface area contributed by atoms with Crippen molar-refractivity contribution in [3.8, 4) is 0 Å². The lowest BCUT2D eigenvalue weighted by Gasteiger charge is -2.05. The Labute approximate surface area is 134 Å². The Hall–Kier alpha value is -0.870. The molecule has 104 valence electrons. The average Bonchev–Trinajstić information content (AvgIpc) is 2.42. The summed E-state index contributed by atoms with van der Waals surface area (Å²) in [5.41, 5.74) is 0.459. The maximum absolute atomic E-state index is 12.2. The van der Waals surface area contributed by atoms with E-state index in [2.05, 4.69) is 0 Å². The quantitative estimate of drug-likeness (QED) is 0.755. The predicted molar refractivity (Wildman–Crippen MR) is 83.5 cm³/mol. The van der Waals surface area contributed by atoms with Crippen molar-refractivity contribution >= 4 is 51.4 Å². The normalized spacial score (nSPS) is 12.2. The fourth-order valence-corrected chi connectivity index (χ4v) is 3.41. The van der Waals surface area contributed by atoms with Gasteiger partial charge in [0.25, 0.3) is 0 Å². The highest BCUT2D eigenvalue weighted by Gasteiger charge is 2.15. The molecule has 2 nitrogen and oxygen atoms in total. The molecule has 0 amide bonds. The number of hydrogen-bond acceptors (Lipinski definition) is 2. The van der Waals surface area contributed by atoms with E-state index in [0.717, 1.165) is 0 Å². The van der Waals surface area contributed by atoms with Crippen LogP contribution in [0.1, 0.15) is 10.4 Å². The molecule has 1 unspecified atom stereocenters. The van der Waals surface area contributed by atoms with Crippen LogP contribution >= 0.6 is 34.8 Å². The highest BCUT2D eigenvalue weighted by Crippen LogP contribution is 2.24. The van der Waals surface area contributed by atoms with E-state index < -0.39 is 10.8 Å². The van der Waals surface area contributed by atoms with E-state index in [4.69, 9.17) is 34.8 Å². The van der Waals surface area contributed by atoms with Crippen molar-refractivity contribution in [1.82, 2.24) is 0 Å². The van der Waals surface area contributed by atoms with Gasteiger partial charge in [0, 0.05) is 15.6 Å². The summed E-state index contributed by atoms with van der Waals surface area (Å²) in [6.45, 7) is 0. The maximum atomic E-state index is 12.2. The minimum Gasteiger partial charge on any atom is -0.293 e. The Morgan fingerprint density at radius 3 is 2.20 bits per heavy atom. The van der Waals surface area contributed by atoms with Gasteiger partial charge in [-0.3, -0.25) is 9.00 Å². The molecule has 0 spiro atoms. The topological polar surface area (TPSA) is 34.1 Å². The molecule has 0 saturated carbocycles. The van der Waals surface area contributed by atoms with Crippen LogP contribution in [0.15, 0.2) is 47.4 Å². The second-order valence-electron chi connectivity index (χ2n) is 3.99. The molecule has 0 saturated heterocycles. The van der Waals surface area contributed by atoms with Gasteiger partial charge < -0.3 is 0 Å². The molecule has 0 bridgehead atoms. The van der Waals surface area contributed by atoms with Gasteiger partial charge in [-0.25, -0.2) is 0 Å². The van der Waals surface area contributed by atoms with Crippen LogP contribution in [0.25, 0.3) is 0 Å². The molecule has 0 aliphatic rings. The molecular formula is C14H9Cl3O2S. The third-order valence-electron chi connectivity index (χ3n) is 2.57. The summed E-state index contributed by atoms with van der Waals surface area (Å²) in [7, 11) is -1.54. The third kappa shape index (κ3) is 3.83. The summed E-state index contributed by atoms with van der Waals surface area (Å²) in [4.78, 5) is 12.4. The van der Waals surface area contributed by atoms with E-state index in [1.54, 1.807) is 36.4 Å². The first-order valence-electron chi connectivity index (χ1n) is 5.59. The molecule has 2 aromatic rings. The molecule has 2 aromatic carbocycles. The highest BCUT2D eigenvalue weighted by atomic mass is 35.5.